The number of piperidine rings is 1. The molecule has 2 aromatic rings. The smallest absolute Gasteiger partial charge is 0.163 e. The first-order valence-corrected chi connectivity index (χ1v) is 7.22. The first-order chi connectivity index (χ1) is 9.55. The molecule has 1 aliphatic heterocycles. The quantitative estimate of drug-likeness (QED) is 0.873. The normalized spacial score (nSPS) is 17.6. The van der Waals surface area contributed by atoms with E-state index in [0.717, 1.165) is 42.8 Å². The Morgan fingerprint density at radius 2 is 2.00 bits per heavy atom. The van der Waals surface area contributed by atoms with Crippen molar-refractivity contribution in [1.29, 1.82) is 0 Å². The predicted octanol–water partition coefficient (Wildman–Crippen LogP) is 1.75. The number of rotatable bonds is 2. The van der Waals surface area contributed by atoms with Crippen LogP contribution in [0.3, 0.4) is 0 Å². The maximum atomic E-state index is 4.48. The second-order valence-electron chi connectivity index (χ2n) is 6.36. The van der Waals surface area contributed by atoms with Crippen LogP contribution in [0.4, 0.5) is 5.82 Å². The van der Waals surface area contributed by atoms with Gasteiger partial charge in [-0.1, -0.05) is 0 Å². The monoisotopic (exact) mass is 274 g/mol. The van der Waals surface area contributed by atoms with Crippen LogP contribution in [0.25, 0.3) is 11.0 Å². The molecule has 2 aromatic heterocycles. The molecule has 0 saturated carbocycles. The molecule has 0 aromatic carbocycles. The Balaban J connectivity index is 1.94. The summed E-state index contributed by atoms with van der Waals surface area (Å²) in [6.45, 7) is 8.50. The molecule has 3 rings (SSSR count). The van der Waals surface area contributed by atoms with Crippen molar-refractivity contribution in [2.24, 2.45) is 0 Å². The van der Waals surface area contributed by atoms with Gasteiger partial charge in [0, 0.05) is 6.04 Å². The molecular formula is C14H22N6. The maximum Gasteiger partial charge on any atom is 0.163 e. The van der Waals surface area contributed by atoms with Gasteiger partial charge in [-0.3, -0.25) is 0 Å². The van der Waals surface area contributed by atoms with E-state index in [4.69, 9.17) is 0 Å². The first-order valence-electron chi connectivity index (χ1n) is 7.22. The van der Waals surface area contributed by atoms with Crippen molar-refractivity contribution in [1.82, 2.24) is 25.1 Å². The van der Waals surface area contributed by atoms with E-state index < -0.39 is 0 Å². The predicted molar refractivity (Wildman–Crippen MR) is 79.8 cm³/mol. The highest BCUT2D eigenvalue weighted by molar-refractivity contribution is 5.86. The van der Waals surface area contributed by atoms with Crippen molar-refractivity contribution >= 4 is 16.9 Å². The molecule has 2 N–H and O–H groups in total. The van der Waals surface area contributed by atoms with Crippen molar-refractivity contribution in [3.05, 3.63) is 12.5 Å². The molecule has 0 atom stereocenters. The Hall–Kier alpha value is -1.69. The van der Waals surface area contributed by atoms with Crippen molar-refractivity contribution in [3.63, 3.8) is 0 Å². The molecule has 0 aliphatic carbocycles. The molecule has 20 heavy (non-hydrogen) atoms. The number of fused-ring (bicyclic) bond motifs is 1. The van der Waals surface area contributed by atoms with E-state index in [0.29, 0.717) is 6.04 Å². The van der Waals surface area contributed by atoms with Gasteiger partial charge in [0.2, 0.25) is 0 Å². The van der Waals surface area contributed by atoms with Crippen molar-refractivity contribution in [2.75, 3.05) is 18.4 Å². The summed E-state index contributed by atoms with van der Waals surface area (Å²) in [4.78, 5) is 8.80. The molecule has 0 amide bonds. The second kappa shape index (κ2) is 5.01. The molecule has 0 spiro atoms. The largest absolute Gasteiger partial charge is 0.367 e. The lowest BCUT2D eigenvalue weighted by molar-refractivity contribution is 0.366. The van der Waals surface area contributed by atoms with Crippen LogP contribution in [0.15, 0.2) is 12.5 Å². The van der Waals surface area contributed by atoms with Crippen molar-refractivity contribution in [2.45, 2.75) is 45.2 Å². The van der Waals surface area contributed by atoms with Gasteiger partial charge in [0.1, 0.15) is 12.1 Å². The van der Waals surface area contributed by atoms with Crippen molar-refractivity contribution in [3.8, 4) is 0 Å². The van der Waals surface area contributed by atoms with Gasteiger partial charge in [0.25, 0.3) is 0 Å². The van der Waals surface area contributed by atoms with Crippen LogP contribution in [0.5, 0.6) is 0 Å². The third kappa shape index (κ3) is 2.47. The summed E-state index contributed by atoms with van der Waals surface area (Å²) in [5.74, 6) is 0.900. The Morgan fingerprint density at radius 1 is 1.25 bits per heavy atom. The van der Waals surface area contributed by atoms with Gasteiger partial charge < -0.3 is 10.6 Å². The highest BCUT2D eigenvalue weighted by Gasteiger charge is 2.21. The molecule has 3 heterocycles. The fourth-order valence-electron chi connectivity index (χ4n) is 2.61. The minimum Gasteiger partial charge on any atom is -0.367 e. The number of aromatic nitrogens is 4. The van der Waals surface area contributed by atoms with Gasteiger partial charge in [0.15, 0.2) is 5.65 Å². The molecule has 0 bridgehead atoms. The zero-order valence-electron chi connectivity index (χ0n) is 12.3. The van der Waals surface area contributed by atoms with E-state index in [-0.39, 0.29) is 5.54 Å². The van der Waals surface area contributed by atoms with Crippen LogP contribution >= 0.6 is 0 Å². The lowest BCUT2D eigenvalue weighted by Gasteiger charge is -2.24. The van der Waals surface area contributed by atoms with Gasteiger partial charge >= 0.3 is 0 Å². The third-order valence-electron chi connectivity index (χ3n) is 3.68. The highest BCUT2D eigenvalue weighted by atomic mass is 15.3. The Kier molecular flexibility index (Phi) is 3.33. The molecular weight excluding hydrogens is 252 g/mol. The highest BCUT2D eigenvalue weighted by Crippen LogP contribution is 2.25. The van der Waals surface area contributed by atoms with Gasteiger partial charge in [-0.25, -0.2) is 14.6 Å². The van der Waals surface area contributed by atoms with Crippen LogP contribution in [0.2, 0.25) is 0 Å². The van der Waals surface area contributed by atoms with E-state index in [1.54, 1.807) is 6.33 Å². The summed E-state index contributed by atoms with van der Waals surface area (Å²) in [6, 6.07) is 0.479. The van der Waals surface area contributed by atoms with Crippen LogP contribution in [0.1, 0.15) is 33.6 Å². The maximum absolute atomic E-state index is 4.48. The van der Waals surface area contributed by atoms with Crippen LogP contribution < -0.4 is 10.6 Å². The molecule has 6 heteroatoms. The lowest BCUT2D eigenvalue weighted by atomic mass is 10.1. The zero-order chi connectivity index (χ0) is 14.2. The average molecular weight is 274 g/mol. The van der Waals surface area contributed by atoms with Gasteiger partial charge in [-0.05, 0) is 46.7 Å². The first kappa shape index (κ1) is 13.3. The summed E-state index contributed by atoms with van der Waals surface area (Å²) in [7, 11) is 0. The summed E-state index contributed by atoms with van der Waals surface area (Å²) in [5.41, 5.74) is 0.811. The van der Waals surface area contributed by atoms with E-state index in [9.17, 15) is 0 Å². The number of hydrogen-bond donors (Lipinski definition) is 2. The van der Waals surface area contributed by atoms with Gasteiger partial charge in [-0.2, -0.15) is 5.10 Å². The number of nitrogens with zero attached hydrogens (tertiary/aromatic N) is 4. The van der Waals surface area contributed by atoms with Crippen LogP contribution in [-0.4, -0.2) is 38.9 Å². The molecule has 0 radical (unpaired) electrons. The van der Waals surface area contributed by atoms with Crippen molar-refractivity contribution < 1.29 is 0 Å². The summed E-state index contributed by atoms with van der Waals surface area (Å²) >= 11 is 0. The molecule has 108 valence electrons. The average Bonchev–Trinajstić information content (AvgIpc) is 2.85. The van der Waals surface area contributed by atoms with E-state index in [1.807, 2.05) is 10.9 Å². The zero-order valence-corrected chi connectivity index (χ0v) is 12.3. The second-order valence-corrected chi connectivity index (χ2v) is 6.36. The fourth-order valence-corrected chi connectivity index (χ4v) is 2.61. The Morgan fingerprint density at radius 3 is 2.70 bits per heavy atom. The molecule has 1 aliphatic rings. The topological polar surface area (TPSA) is 67.7 Å². The summed E-state index contributed by atoms with van der Waals surface area (Å²) in [5, 5.41) is 12.4. The Bertz CT molecular complexity index is 591. The van der Waals surface area contributed by atoms with Crippen LogP contribution in [-0.2, 0) is 5.54 Å². The SMILES string of the molecule is CC(C)(C)n1ncc2c(NC3CCNCC3)ncnc21. The molecule has 1 saturated heterocycles. The van der Waals surface area contributed by atoms with Gasteiger partial charge in [-0.15, -0.1) is 0 Å². The third-order valence-corrected chi connectivity index (χ3v) is 3.68. The lowest BCUT2D eigenvalue weighted by Crippen LogP contribution is -2.35. The number of anilines is 1. The molecule has 0 unspecified atom stereocenters. The number of hydrogen-bond acceptors (Lipinski definition) is 5. The number of nitrogens with one attached hydrogen (secondary N) is 2. The minimum absolute atomic E-state index is 0.0812. The molecule has 6 nitrogen and oxygen atoms in total. The standard InChI is InChI=1S/C14H22N6/c1-14(2,3)20-13-11(8-18-20)12(16-9-17-13)19-10-4-6-15-7-5-10/h8-10,15H,4-7H2,1-3H3,(H,16,17,19). The minimum atomic E-state index is -0.0812. The summed E-state index contributed by atoms with van der Waals surface area (Å²) in [6.07, 6.45) is 5.73. The van der Waals surface area contributed by atoms with Gasteiger partial charge in [0.05, 0.1) is 17.1 Å². The Labute approximate surface area is 119 Å². The van der Waals surface area contributed by atoms with Crippen LogP contribution in [0, 0.1) is 0 Å². The van der Waals surface area contributed by atoms with E-state index in [2.05, 4.69) is 46.5 Å². The fraction of sp³-hybridized carbons (Fsp3) is 0.643. The molecule has 1 fully saturated rings. The van der Waals surface area contributed by atoms with E-state index in [1.165, 1.54) is 0 Å². The summed E-state index contributed by atoms with van der Waals surface area (Å²) < 4.78 is 1.96. The van der Waals surface area contributed by atoms with E-state index >= 15 is 0 Å².